The number of hydrogen-bond acceptors (Lipinski definition) is 3. The van der Waals surface area contributed by atoms with E-state index in [0.29, 0.717) is 18.7 Å². The number of rotatable bonds is 3. The highest BCUT2D eigenvalue weighted by Crippen LogP contribution is 2.25. The Labute approximate surface area is 103 Å². The second-order valence-electron chi connectivity index (χ2n) is 4.13. The first-order valence-electron chi connectivity index (χ1n) is 5.71. The molecule has 6 heteroatoms. The third kappa shape index (κ3) is 2.69. The largest absolute Gasteiger partial charge is 0.433 e. The van der Waals surface area contributed by atoms with Crippen LogP contribution in [0.2, 0.25) is 0 Å². The molecular formula is C12H14F2N2O2. The van der Waals surface area contributed by atoms with E-state index in [4.69, 9.17) is 5.73 Å². The summed E-state index contributed by atoms with van der Waals surface area (Å²) in [6, 6.07) is 4.19. The summed E-state index contributed by atoms with van der Waals surface area (Å²) in [5, 5.41) is 0. The number of hydrogen-bond donors (Lipinski definition) is 1. The van der Waals surface area contributed by atoms with Crippen LogP contribution in [0.25, 0.3) is 0 Å². The molecule has 1 amide bonds. The molecule has 0 radical (unpaired) electrons. The lowest BCUT2D eigenvalue weighted by molar-refractivity contribution is -0.0493. The molecule has 1 heterocycles. The number of amides is 1. The van der Waals surface area contributed by atoms with Crippen LogP contribution in [0.1, 0.15) is 23.2 Å². The average Bonchev–Trinajstić information content (AvgIpc) is 2.84. The Morgan fingerprint density at radius 1 is 1.33 bits per heavy atom. The van der Waals surface area contributed by atoms with Gasteiger partial charge in [-0.05, 0) is 31.0 Å². The van der Waals surface area contributed by atoms with Gasteiger partial charge in [0.1, 0.15) is 5.75 Å². The third-order valence-corrected chi connectivity index (χ3v) is 2.87. The lowest BCUT2D eigenvalue weighted by Crippen LogP contribution is -2.27. The van der Waals surface area contributed by atoms with Gasteiger partial charge in [-0.2, -0.15) is 8.78 Å². The van der Waals surface area contributed by atoms with Crippen LogP contribution in [0.4, 0.5) is 14.5 Å². The van der Waals surface area contributed by atoms with Gasteiger partial charge in [-0.3, -0.25) is 4.79 Å². The van der Waals surface area contributed by atoms with Crippen molar-refractivity contribution in [1.82, 2.24) is 4.90 Å². The van der Waals surface area contributed by atoms with Crippen molar-refractivity contribution in [2.24, 2.45) is 0 Å². The van der Waals surface area contributed by atoms with Crippen LogP contribution >= 0.6 is 0 Å². The molecule has 1 aromatic rings. The lowest BCUT2D eigenvalue weighted by atomic mass is 10.1. The minimum absolute atomic E-state index is 0.0910. The Bertz CT molecular complexity index is 446. The van der Waals surface area contributed by atoms with Crippen molar-refractivity contribution in [3.8, 4) is 5.75 Å². The number of anilines is 1. The zero-order chi connectivity index (χ0) is 13.1. The maximum atomic E-state index is 12.2. The second-order valence-corrected chi connectivity index (χ2v) is 4.13. The van der Waals surface area contributed by atoms with Gasteiger partial charge >= 0.3 is 6.61 Å². The number of benzene rings is 1. The van der Waals surface area contributed by atoms with Crippen molar-refractivity contribution >= 4 is 11.6 Å². The van der Waals surface area contributed by atoms with E-state index in [1.807, 2.05) is 0 Å². The highest BCUT2D eigenvalue weighted by atomic mass is 19.3. The van der Waals surface area contributed by atoms with Crippen molar-refractivity contribution in [2.45, 2.75) is 19.5 Å². The van der Waals surface area contributed by atoms with Crippen LogP contribution < -0.4 is 10.5 Å². The molecule has 0 unspecified atom stereocenters. The molecule has 0 aromatic heterocycles. The fraction of sp³-hybridized carbons (Fsp3) is 0.417. The fourth-order valence-corrected chi connectivity index (χ4v) is 1.97. The van der Waals surface area contributed by atoms with Crippen molar-refractivity contribution < 1.29 is 18.3 Å². The molecule has 1 fully saturated rings. The Morgan fingerprint density at radius 3 is 2.61 bits per heavy atom. The van der Waals surface area contributed by atoms with Crippen molar-refractivity contribution in [2.75, 3.05) is 18.8 Å². The molecule has 1 aromatic carbocycles. The van der Waals surface area contributed by atoms with Gasteiger partial charge in [-0.15, -0.1) is 0 Å². The standard InChI is InChI=1S/C12H14F2N2O2/c13-12(14)18-10-7-8(3-4-9(10)15)11(17)16-5-1-2-6-16/h3-4,7,12H,1-2,5-6,15H2. The summed E-state index contributed by atoms with van der Waals surface area (Å²) in [4.78, 5) is 13.7. The molecule has 1 aliphatic rings. The Morgan fingerprint density at radius 2 is 2.00 bits per heavy atom. The van der Waals surface area contributed by atoms with E-state index in [9.17, 15) is 13.6 Å². The lowest BCUT2D eigenvalue weighted by Gasteiger charge is -2.16. The summed E-state index contributed by atoms with van der Waals surface area (Å²) >= 11 is 0. The van der Waals surface area contributed by atoms with Gasteiger partial charge in [0.2, 0.25) is 0 Å². The number of nitrogens with zero attached hydrogens (tertiary/aromatic N) is 1. The maximum absolute atomic E-state index is 12.2. The molecule has 0 spiro atoms. The number of carbonyl (C=O) groups is 1. The second kappa shape index (κ2) is 5.20. The van der Waals surface area contributed by atoms with Crippen LogP contribution in [0.15, 0.2) is 18.2 Å². The van der Waals surface area contributed by atoms with Crippen LogP contribution in [0.3, 0.4) is 0 Å². The van der Waals surface area contributed by atoms with Crippen molar-refractivity contribution in [3.05, 3.63) is 23.8 Å². The van der Waals surface area contributed by atoms with Crippen molar-refractivity contribution in [3.63, 3.8) is 0 Å². The van der Waals surface area contributed by atoms with E-state index in [0.717, 1.165) is 12.8 Å². The number of nitrogen functional groups attached to an aromatic ring is 1. The summed E-state index contributed by atoms with van der Waals surface area (Å²) < 4.78 is 28.6. The van der Waals surface area contributed by atoms with Crippen LogP contribution in [-0.2, 0) is 0 Å². The third-order valence-electron chi connectivity index (χ3n) is 2.87. The fourth-order valence-electron chi connectivity index (χ4n) is 1.97. The highest BCUT2D eigenvalue weighted by molar-refractivity contribution is 5.95. The van der Waals surface area contributed by atoms with E-state index in [2.05, 4.69) is 4.74 Å². The van der Waals surface area contributed by atoms with Gasteiger partial charge in [-0.1, -0.05) is 0 Å². The first kappa shape index (κ1) is 12.6. The number of ether oxygens (including phenoxy) is 1. The SMILES string of the molecule is Nc1ccc(C(=O)N2CCCC2)cc1OC(F)F. The highest BCUT2D eigenvalue weighted by Gasteiger charge is 2.20. The summed E-state index contributed by atoms with van der Waals surface area (Å²) in [7, 11) is 0. The van der Waals surface area contributed by atoms with Gasteiger partial charge in [-0.25, -0.2) is 0 Å². The quantitative estimate of drug-likeness (QED) is 0.843. The summed E-state index contributed by atoms with van der Waals surface area (Å²) in [5.41, 5.74) is 5.92. The normalized spacial score (nSPS) is 15.2. The number of carbonyl (C=O) groups excluding carboxylic acids is 1. The Balaban J connectivity index is 2.20. The molecule has 1 aliphatic heterocycles. The van der Waals surface area contributed by atoms with E-state index in [-0.39, 0.29) is 17.3 Å². The molecule has 2 rings (SSSR count). The molecule has 2 N–H and O–H groups in total. The first-order valence-corrected chi connectivity index (χ1v) is 5.71. The minimum Gasteiger partial charge on any atom is -0.433 e. The van der Waals surface area contributed by atoms with E-state index >= 15 is 0 Å². The van der Waals surface area contributed by atoms with Crippen LogP contribution in [-0.4, -0.2) is 30.5 Å². The van der Waals surface area contributed by atoms with Gasteiger partial charge in [0.15, 0.2) is 0 Å². The van der Waals surface area contributed by atoms with Crippen molar-refractivity contribution in [1.29, 1.82) is 0 Å². The number of halogens is 2. The molecular weight excluding hydrogens is 242 g/mol. The van der Waals surface area contributed by atoms with Gasteiger partial charge in [0.25, 0.3) is 5.91 Å². The predicted molar refractivity (Wildman–Crippen MR) is 62.6 cm³/mol. The molecule has 0 aliphatic carbocycles. The molecule has 0 atom stereocenters. The average molecular weight is 256 g/mol. The summed E-state index contributed by atoms with van der Waals surface area (Å²) in [6.07, 6.45) is 1.95. The maximum Gasteiger partial charge on any atom is 0.387 e. The van der Waals surface area contributed by atoms with E-state index < -0.39 is 6.61 Å². The summed E-state index contributed by atoms with van der Waals surface area (Å²) in [6.45, 7) is -1.55. The Kier molecular flexibility index (Phi) is 3.64. The van der Waals surface area contributed by atoms with Crippen LogP contribution in [0.5, 0.6) is 5.75 Å². The minimum atomic E-state index is -2.95. The number of alkyl halides is 2. The molecule has 18 heavy (non-hydrogen) atoms. The topological polar surface area (TPSA) is 55.6 Å². The molecule has 0 saturated carbocycles. The Hall–Kier alpha value is -1.85. The number of likely N-dealkylation sites (tertiary alicyclic amines) is 1. The van der Waals surface area contributed by atoms with E-state index in [1.165, 1.54) is 18.2 Å². The zero-order valence-corrected chi connectivity index (χ0v) is 9.73. The zero-order valence-electron chi connectivity index (χ0n) is 9.73. The molecule has 0 bridgehead atoms. The molecule has 98 valence electrons. The van der Waals surface area contributed by atoms with Gasteiger partial charge < -0.3 is 15.4 Å². The van der Waals surface area contributed by atoms with E-state index in [1.54, 1.807) is 4.90 Å². The smallest absolute Gasteiger partial charge is 0.387 e. The predicted octanol–water partition coefficient (Wildman–Crippen LogP) is 2.11. The molecule has 4 nitrogen and oxygen atoms in total. The van der Waals surface area contributed by atoms with Gasteiger partial charge in [0, 0.05) is 18.7 Å². The van der Waals surface area contributed by atoms with Crippen LogP contribution in [0, 0.1) is 0 Å². The first-order chi connectivity index (χ1) is 8.58. The monoisotopic (exact) mass is 256 g/mol. The summed E-state index contributed by atoms with van der Waals surface area (Å²) in [5.74, 6) is -0.332. The molecule has 1 saturated heterocycles. The number of nitrogens with two attached hydrogens (primary N) is 1. The van der Waals surface area contributed by atoms with Gasteiger partial charge in [0.05, 0.1) is 5.69 Å².